The molecule has 0 radical (unpaired) electrons. The lowest BCUT2D eigenvalue weighted by Crippen LogP contribution is -2.29. The molecule has 1 aliphatic rings. The zero-order valence-corrected chi connectivity index (χ0v) is 13.0. The summed E-state index contributed by atoms with van der Waals surface area (Å²) < 4.78 is 8.09. The zero-order valence-electron chi connectivity index (χ0n) is 10.6. The summed E-state index contributed by atoms with van der Waals surface area (Å²) in [7, 11) is 1.70. The van der Waals surface area contributed by atoms with Gasteiger partial charge in [-0.1, -0.05) is 6.42 Å². The first-order chi connectivity index (χ1) is 8.74. The van der Waals surface area contributed by atoms with Crippen molar-refractivity contribution < 1.29 is 4.74 Å². The van der Waals surface area contributed by atoms with Crippen LogP contribution in [0.5, 0.6) is 0 Å². The lowest BCUT2D eigenvalue weighted by atomic mass is 10.1. The van der Waals surface area contributed by atoms with Crippen molar-refractivity contribution in [1.29, 1.82) is 0 Å². The quantitative estimate of drug-likeness (QED) is 0.899. The molecule has 6 heteroatoms. The lowest BCUT2D eigenvalue weighted by Gasteiger charge is -2.27. The summed E-state index contributed by atoms with van der Waals surface area (Å²) in [6.07, 6.45) is 5.64. The molecule has 2 atom stereocenters. The molecule has 0 bridgehead atoms. The molecular formula is C12H20BrN3OS. The van der Waals surface area contributed by atoms with E-state index >= 15 is 0 Å². The van der Waals surface area contributed by atoms with Crippen molar-refractivity contribution in [2.75, 3.05) is 19.5 Å². The zero-order chi connectivity index (χ0) is 13.0. The summed E-state index contributed by atoms with van der Waals surface area (Å²) in [5, 5.41) is 4.88. The third-order valence-electron chi connectivity index (χ3n) is 3.27. The largest absolute Gasteiger partial charge is 0.383 e. The average molecular weight is 334 g/mol. The molecule has 1 fully saturated rings. The number of hydrogen-bond donors (Lipinski definition) is 1. The van der Waals surface area contributed by atoms with Crippen LogP contribution in [0.1, 0.15) is 31.0 Å². The number of halogens is 1. The van der Waals surface area contributed by atoms with Crippen molar-refractivity contribution in [2.24, 2.45) is 5.73 Å². The van der Waals surface area contributed by atoms with Crippen LogP contribution in [0.25, 0.3) is 0 Å². The van der Waals surface area contributed by atoms with Gasteiger partial charge in [0.05, 0.1) is 35.6 Å². The normalized spacial score (nSPS) is 22.1. The summed E-state index contributed by atoms with van der Waals surface area (Å²) in [4.78, 5) is 0. The number of nitrogens with two attached hydrogens (primary N) is 1. The highest BCUT2D eigenvalue weighted by atomic mass is 79.9. The Morgan fingerprint density at radius 3 is 3.17 bits per heavy atom. The van der Waals surface area contributed by atoms with Gasteiger partial charge in [-0.25, -0.2) is 0 Å². The molecule has 1 saturated heterocycles. The molecule has 102 valence electrons. The number of aromatic nitrogens is 2. The Labute approximate surface area is 121 Å². The molecule has 0 amide bonds. The first-order valence-electron chi connectivity index (χ1n) is 6.31. The SMILES string of the molecule is COCCn1ncc(Br)c1C(N)C1CCCCS1. The van der Waals surface area contributed by atoms with E-state index in [-0.39, 0.29) is 6.04 Å². The van der Waals surface area contributed by atoms with E-state index in [1.54, 1.807) is 7.11 Å². The average Bonchev–Trinajstić information content (AvgIpc) is 2.77. The van der Waals surface area contributed by atoms with Gasteiger partial charge in [-0.2, -0.15) is 16.9 Å². The van der Waals surface area contributed by atoms with Crippen LogP contribution in [0, 0.1) is 0 Å². The fourth-order valence-corrected chi connectivity index (χ4v) is 4.19. The van der Waals surface area contributed by atoms with Gasteiger partial charge in [0.15, 0.2) is 0 Å². The number of hydrogen-bond acceptors (Lipinski definition) is 4. The van der Waals surface area contributed by atoms with Crippen molar-refractivity contribution >= 4 is 27.7 Å². The maximum atomic E-state index is 6.44. The second kappa shape index (κ2) is 6.93. The van der Waals surface area contributed by atoms with Gasteiger partial charge in [0.25, 0.3) is 0 Å². The topological polar surface area (TPSA) is 53.1 Å². The molecule has 2 unspecified atom stereocenters. The molecular weight excluding hydrogens is 314 g/mol. The molecule has 1 aromatic rings. The van der Waals surface area contributed by atoms with Gasteiger partial charge in [0.2, 0.25) is 0 Å². The fourth-order valence-electron chi connectivity index (χ4n) is 2.28. The highest BCUT2D eigenvalue weighted by Crippen LogP contribution is 2.35. The maximum absolute atomic E-state index is 6.44. The van der Waals surface area contributed by atoms with Gasteiger partial charge < -0.3 is 10.5 Å². The number of ether oxygens (including phenoxy) is 1. The van der Waals surface area contributed by atoms with Gasteiger partial charge in [-0.15, -0.1) is 0 Å². The van der Waals surface area contributed by atoms with E-state index in [9.17, 15) is 0 Å². The number of nitrogens with zero attached hydrogens (tertiary/aromatic N) is 2. The highest BCUT2D eigenvalue weighted by Gasteiger charge is 2.27. The lowest BCUT2D eigenvalue weighted by molar-refractivity contribution is 0.182. The van der Waals surface area contributed by atoms with Crippen LogP contribution < -0.4 is 5.73 Å². The van der Waals surface area contributed by atoms with Crippen molar-refractivity contribution in [2.45, 2.75) is 37.1 Å². The first kappa shape index (κ1) is 14.4. The summed E-state index contributed by atoms with van der Waals surface area (Å²) >= 11 is 5.56. The van der Waals surface area contributed by atoms with Crippen molar-refractivity contribution in [3.05, 3.63) is 16.4 Å². The Bertz CT molecular complexity index is 379. The molecule has 0 aromatic carbocycles. The van der Waals surface area contributed by atoms with E-state index < -0.39 is 0 Å². The first-order valence-corrected chi connectivity index (χ1v) is 8.15. The molecule has 2 N–H and O–H groups in total. The minimum Gasteiger partial charge on any atom is -0.383 e. The molecule has 2 rings (SSSR count). The predicted molar refractivity (Wildman–Crippen MR) is 78.8 cm³/mol. The van der Waals surface area contributed by atoms with Gasteiger partial charge in [-0.3, -0.25) is 4.68 Å². The van der Waals surface area contributed by atoms with Crippen LogP contribution in [0.15, 0.2) is 10.7 Å². The van der Waals surface area contributed by atoms with Crippen LogP contribution >= 0.6 is 27.7 Å². The molecule has 0 aliphatic carbocycles. The van der Waals surface area contributed by atoms with Gasteiger partial charge in [-0.05, 0) is 34.5 Å². The molecule has 4 nitrogen and oxygen atoms in total. The number of rotatable bonds is 5. The maximum Gasteiger partial charge on any atom is 0.0705 e. The third kappa shape index (κ3) is 3.29. The Hall–Kier alpha value is -0.0400. The summed E-state index contributed by atoms with van der Waals surface area (Å²) in [5.74, 6) is 1.22. The molecule has 2 heterocycles. The van der Waals surface area contributed by atoms with Crippen LogP contribution in [0.3, 0.4) is 0 Å². The minimum absolute atomic E-state index is 0.0454. The number of methoxy groups -OCH3 is 1. The predicted octanol–water partition coefficient (Wildman–Crippen LogP) is 2.58. The third-order valence-corrected chi connectivity index (χ3v) is 5.36. The van der Waals surface area contributed by atoms with Crippen LogP contribution in [0.4, 0.5) is 0 Å². The summed E-state index contributed by atoms with van der Waals surface area (Å²) in [6, 6.07) is 0.0454. The number of thioether (sulfide) groups is 1. The van der Waals surface area contributed by atoms with E-state index in [1.165, 1.54) is 25.0 Å². The smallest absolute Gasteiger partial charge is 0.0705 e. The van der Waals surface area contributed by atoms with Crippen molar-refractivity contribution in [3.63, 3.8) is 0 Å². The Morgan fingerprint density at radius 1 is 1.67 bits per heavy atom. The second-order valence-corrected chi connectivity index (χ2v) is 6.73. The Balaban J connectivity index is 2.12. The summed E-state index contributed by atoms with van der Waals surface area (Å²) in [5.41, 5.74) is 7.54. The second-order valence-electron chi connectivity index (χ2n) is 4.52. The Morgan fingerprint density at radius 2 is 2.50 bits per heavy atom. The van der Waals surface area contributed by atoms with E-state index in [0.29, 0.717) is 11.9 Å². The van der Waals surface area contributed by atoms with Crippen LogP contribution in [0.2, 0.25) is 0 Å². The molecule has 1 aromatic heterocycles. The highest BCUT2D eigenvalue weighted by molar-refractivity contribution is 9.10. The van der Waals surface area contributed by atoms with Gasteiger partial charge in [0.1, 0.15) is 0 Å². The van der Waals surface area contributed by atoms with E-state index in [1.807, 2.05) is 22.6 Å². The fraction of sp³-hybridized carbons (Fsp3) is 0.750. The molecule has 0 spiro atoms. The minimum atomic E-state index is 0.0454. The standard InChI is InChI=1S/C12H20BrN3OS/c1-17-6-5-16-12(9(13)8-15-16)11(14)10-4-2-3-7-18-10/h8,10-11H,2-7,14H2,1H3. The molecule has 18 heavy (non-hydrogen) atoms. The molecule has 0 saturated carbocycles. The van der Waals surface area contributed by atoms with E-state index in [2.05, 4.69) is 21.0 Å². The Kier molecular flexibility index (Phi) is 5.54. The monoisotopic (exact) mass is 333 g/mol. The van der Waals surface area contributed by atoms with E-state index in [4.69, 9.17) is 10.5 Å². The van der Waals surface area contributed by atoms with Crippen molar-refractivity contribution in [3.8, 4) is 0 Å². The van der Waals surface area contributed by atoms with Gasteiger partial charge >= 0.3 is 0 Å². The van der Waals surface area contributed by atoms with E-state index in [0.717, 1.165) is 16.7 Å². The molecule has 1 aliphatic heterocycles. The van der Waals surface area contributed by atoms with Gasteiger partial charge in [0, 0.05) is 12.4 Å². The van der Waals surface area contributed by atoms with Crippen LogP contribution in [-0.2, 0) is 11.3 Å². The van der Waals surface area contributed by atoms with Crippen LogP contribution in [-0.4, -0.2) is 34.5 Å². The van der Waals surface area contributed by atoms with Crippen molar-refractivity contribution in [1.82, 2.24) is 9.78 Å². The summed E-state index contributed by atoms with van der Waals surface area (Å²) in [6.45, 7) is 1.41.